The van der Waals surface area contributed by atoms with E-state index in [-0.39, 0.29) is 17.5 Å². The molecule has 3 heterocycles. The molecule has 0 fully saturated rings. The molecule has 10 rings (SSSR count). The van der Waals surface area contributed by atoms with E-state index in [1.165, 1.54) is 89.5 Å². The van der Waals surface area contributed by atoms with Gasteiger partial charge >= 0.3 is 0 Å². The van der Waals surface area contributed by atoms with Crippen molar-refractivity contribution in [3.8, 4) is 22.3 Å². The molecule has 0 radical (unpaired) electrons. The Bertz CT molecular complexity index is 2560. The lowest BCUT2D eigenvalue weighted by Crippen LogP contribution is -2.79. The molecule has 0 saturated heterocycles. The third-order valence-corrected chi connectivity index (χ3v) is 16.6. The average Bonchev–Trinajstić information content (AvgIpc) is 3.19. The van der Waals surface area contributed by atoms with Gasteiger partial charge in [-0.15, -0.1) is 0 Å². The fourth-order valence-corrected chi connectivity index (χ4v) is 13.3. The van der Waals surface area contributed by atoms with Crippen LogP contribution in [0.25, 0.3) is 22.3 Å². The minimum absolute atomic E-state index is 0.0931. The lowest BCUT2D eigenvalue weighted by Gasteiger charge is -2.50. The molecular formula is C53H51BN2Si. The first-order valence-electron chi connectivity index (χ1n) is 20.6. The van der Waals surface area contributed by atoms with E-state index in [0.717, 1.165) is 0 Å². The molecule has 0 aromatic heterocycles. The number of hydrogen-bond donors (Lipinski definition) is 0. The highest BCUT2D eigenvalue weighted by Crippen LogP contribution is 2.48. The van der Waals surface area contributed by atoms with Crippen molar-refractivity contribution in [2.45, 2.75) is 72.4 Å². The van der Waals surface area contributed by atoms with E-state index in [0.29, 0.717) is 0 Å². The first kappa shape index (κ1) is 35.8. The molecule has 0 aliphatic carbocycles. The summed E-state index contributed by atoms with van der Waals surface area (Å²) >= 11 is 0. The topological polar surface area (TPSA) is 6.48 Å². The molecule has 0 unspecified atom stereocenters. The first-order valence-corrected chi connectivity index (χ1v) is 23.6. The first-order chi connectivity index (χ1) is 27.2. The molecular weight excluding hydrogens is 703 g/mol. The largest absolute Gasteiger partial charge is 0.311 e. The van der Waals surface area contributed by atoms with E-state index in [4.69, 9.17) is 0 Å². The van der Waals surface area contributed by atoms with Gasteiger partial charge in [-0.05, 0) is 98.4 Å². The van der Waals surface area contributed by atoms with E-state index in [2.05, 4.69) is 217 Å². The monoisotopic (exact) mass is 754 g/mol. The summed E-state index contributed by atoms with van der Waals surface area (Å²) in [4.78, 5) is 5.24. The van der Waals surface area contributed by atoms with Crippen LogP contribution in [-0.4, -0.2) is 14.8 Å². The maximum Gasteiger partial charge on any atom is 0.251 e. The second-order valence-corrected chi connectivity index (χ2v) is 23.4. The van der Waals surface area contributed by atoms with Gasteiger partial charge in [0.05, 0.1) is 11.4 Å². The van der Waals surface area contributed by atoms with Crippen molar-refractivity contribution in [1.29, 1.82) is 0 Å². The van der Waals surface area contributed by atoms with Gasteiger partial charge in [0.2, 0.25) is 0 Å². The Balaban J connectivity index is 1.26. The molecule has 0 spiro atoms. The van der Waals surface area contributed by atoms with Gasteiger partial charge in [-0.25, -0.2) is 0 Å². The van der Waals surface area contributed by atoms with Crippen molar-refractivity contribution in [3.05, 3.63) is 162 Å². The Hall–Kier alpha value is -5.58. The number of rotatable bonds is 4. The fourth-order valence-electron chi connectivity index (χ4n) is 10.1. The van der Waals surface area contributed by atoms with E-state index in [9.17, 15) is 0 Å². The Morgan fingerprint density at radius 2 is 0.807 bits per heavy atom. The van der Waals surface area contributed by atoms with Gasteiger partial charge in [0, 0.05) is 33.9 Å². The van der Waals surface area contributed by atoms with Gasteiger partial charge in [0.15, 0.2) is 0 Å². The summed E-state index contributed by atoms with van der Waals surface area (Å²) in [7, 11) is -2.14. The van der Waals surface area contributed by atoms with Crippen molar-refractivity contribution < 1.29 is 0 Å². The van der Waals surface area contributed by atoms with Crippen LogP contribution < -0.4 is 36.6 Å². The Morgan fingerprint density at radius 1 is 0.421 bits per heavy atom. The molecule has 7 aromatic carbocycles. The van der Waals surface area contributed by atoms with Gasteiger partial charge in [0.1, 0.15) is 8.07 Å². The summed E-state index contributed by atoms with van der Waals surface area (Å²) < 4.78 is 0. The highest BCUT2D eigenvalue weighted by molar-refractivity contribution is 7.16. The van der Waals surface area contributed by atoms with Crippen molar-refractivity contribution in [2.75, 3.05) is 9.80 Å². The van der Waals surface area contributed by atoms with Crippen LogP contribution in [0.4, 0.5) is 34.1 Å². The standard InChI is InChI=1S/C53H51BN2Si/c1-34-32-45-49-46(33-34)56(42-19-13-11-17-40(42)36-26-30-38(31-27-36)53(5,6)7)44-21-15-23-48-51(44)54(49)50-43(20-14-22-47(50)57(48,8)9)55(45)41-18-12-10-16-39(41)35-24-28-37(29-25-35)52(2,3)4/h10-33H,1-9H3. The van der Waals surface area contributed by atoms with E-state index >= 15 is 0 Å². The number of nitrogens with zero attached hydrogens (tertiary/aromatic N) is 2. The molecule has 0 N–H and O–H groups in total. The zero-order valence-electron chi connectivity index (χ0n) is 34.8. The second kappa shape index (κ2) is 12.5. The van der Waals surface area contributed by atoms with Crippen molar-refractivity contribution >= 4 is 75.7 Å². The summed E-state index contributed by atoms with van der Waals surface area (Å²) in [6.45, 7) is 21.3. The van der Waals surface area contributed by atoms with Crippen LogP contribution >= 0.6 is 0 Å². The summed E-state index contributed by atoms with van der Waals surface area (Å²) in [5.74, 6) is 0. The summed E-state index contributed by atoms with van der Waals surface area (Å²) in [5.41, 5.74) is 21.1. The quantitative estimate of drug-likeness (QED) is 0.165. The molecule has 3 aliphatic rings. The maximum absolute atomic E-state index is 2.62. The lowest BCUT2D eigenvalue weighted by atomic mass is 9.33. The van der Waals surface area contributed by atoms with Crippen LogP contribution in [0.3, 0.4) is 0 Å². The minimum atomic E-state index is -2.14. The van der Waals surface area contributed by atoms with Crippen LogP contribution in [0.1, 0.15) is 58.2 Å². The predicted molar refractivity (Wildman–Crippen MR) is 250 cm³/mol. The van der Waals surface area contributed by atoms with Crippen LogP contribution in [0.15, 0.2) is 146 Å². The van der Waals surface area contributed by atoms with Crippen LogP contribution in [0, 0.1) is 6.92 Å². The van der Waals surface area contributed by atoms with Gasteiger partial charge < -0.3 is 9.80 Å². The van der Waals surface area contributed by atoms with Gasteiger partial charge in [-0.3, -0.25) is 0 Å². The zero-order valence-corrected chi connectivity index (χ0v) is 35.8. The summed E-state index contributed by atoms with van der Waals surface area (Å²) in [6, 6.07) is 55.9. The van der Waals surface area contributed by atoms with E-state index in [1.807, 2.05) is 0 Å². The molecule has 2 nitrogen and oxygen atoms in total. The van der Waals surface area contributed by atoms with Gasteiger partial charge in [-0.2, -0.15) is 0 Å². The Morgan fingerprint density at radius 3 is 1.21 bits per heavy atom. The smallest absolute Gasteiger partial charge is 0.251 e. The summed E-state index contributed by atoms with van der Waals surface area (Å²) in [5, 5.41) is 3.10. The van der Waals surface area contributed by atoms with Crippen LogP contribution in [0.2, 0.25) is 13.1 Å². The maximum atomic E-state index is 2.62. The average molecular weight is 755 g/mol. The van der Waals surface area contributed by atoms with Crippen LogP contribution in [0.5, 0.6) is 0 Å². The number of hydrogen-bond acceptors (Lipinski definition) is 2. The predicted octanol–water partition coefficient (Wildman–Crippen LogP) is 11.1. The van der Waals surface area contributed by atoms with Gasteiger partial charge in [-0.1, -0.05) is 174 Å². The molecule has 0 atom stereocenters. The second-order valence-electron chi connectivity index (χ2n) is 19.1. The minimum Gasteiger partial charge on any atom is -0.311 e. The van der Waals surface area contributed by atoms with E-state index in [1.54, 1.807) is 10.4 Å². The van der Waals surface area contributed by atoms with Crippen molar-refractivity contribution in [1.82, 2.24) is 0 Å². The molecule has 3 aliphatic heterocycles. The number of para-hydroxylation sites is 2. The van der Waals surface area contributed by atoms with Crippen molar-refractivity contribution in [2.24, 2.45) is 0 Å². The zero-order chi connectivity index (χ0) is 39.6. The number of aryl methyl sites for hydroxylation is 1. The number of benzene rings is 7. The van der Waals surface area contributed by atoms with Gasteiger partial charge in [0.25, 0.3) is 6.71 Å². The third-order valence-electron chi connectivity index (χ3n) is 13.0. The molecule has 0 bridgehead atoms. The van der Waals surface area contributed by atoms with Crippen LogP contribution in [-0.2, 0) is 10.8 Å². The Kier molecular flexibility index (Phi) is 7.83. The molecule has 57 heavy (non-hydrogen) atoms. The fraction of sp³-hybridized carbons (Fsp3) is 0.208. The number of anilines is 6. The Labute approximate surface area is 340 Å². The normalized spacial score (nSPS) is 14.8. The SMILES string of the molecule is Cc1cc2c3c(c1)N(c1ccccc1-c1ccc(C(C)(C)C)cc1)c1cccc4c1B3c1c(cccc1[Si]4(C)C)N2c1ccccc1-c1ccc(C(C)(C)C)cc1. The summed E-state index contributed by atoms with van der Waals surface area (Å²) in [6.07, 6.45) is 0. The lowest BCUT2D eigenvalue weighted by molar-refractivity contribution is 0.590. The molecule has 0 amide bonds. The van der Waals surface area contributed by atoms with E-state index < -0.39 is 8.07 Å². The molecule has 4 heteroatoms. The third kappa shape index (κ3) is 5.37. The molecule has 280 valence electrons. The molecule has 0 saturated carbocycles. The highest BCUT2D eigenvalue weighted by Gasteiger charge is 2.51. The highest BCUT2D eigenvalue weighted by atomic mass is 28.3. The molecule has 7 aromatic rings. The van der Waals surface area contributed by atoms with Crippen molar-refractivity contribution in [3.63, 3.8) is 0 Å².